The molecule has 0 amide bonds. The fraction of sp³-hybridized carbons (Fsp3) is 0.500. The molecule has 1 saturated carbocycles. The van der Waals surface area contributed by atoms with Gasteiger partial charge in [0.2, 0.25) is 0 Å². The van der Waals surface area contributed by atoms with Crippen LogP contribution < -0.4 is 5.73 Å². The maximum absolute atomic E-state index is 5.82. The van der Waals surface area contributed by atoms with Crippen LogP contribution >= 0.6 is 0 Å². The van der Waals surface area contributed by atoms with Gasteiger partial charge < -0.3 is 10.3 Å². The number of fused-ring (bicyclic) bond motifs is 1. The average Bonchev–Trinajstić information content (AvgIpc) is 2.52. The summed E-state index contributed by atoms with van der Waals surface area (Å²) in [5.41, 5.74) is 9.55. The quantitative estimate of drug-likeness (QED) is 0.857. The highest BCUT2D eigenvalue weighted by Crippen LogP contribution is 2.29. The Balaban J connectivity index is 1.86. The minimum Gasteiger partial charge on any atom is -0.331 e. The van der Waals surface area contributed by atoms with Gasteiger partial charge in [0.15, 0.2) is 0 Å². The van der Waals surface area contributed by atoms with E-state index in [0.29, 0.717) is 6.04 Å². The highest BCUT2D eigenvalue weighted by molar-refractivity contribution is 5.76. The molecule has 0 radical (unpaired) electrons. The smallest absolute Gasteiger partial charge is 0.106 e. The molecule has 3 heteroatoms. The van der Waals surface area contributed by atoms with E-state index >= 15 is 0 Å². The Hall–Kier alpha value is -1.35. The van der Waals surface area contributed by atoms with Crippen LogP contribution in [0.1, 0.15) is 24.2 Å². The first kappa shape index (κ1) is 10.8. The lowest BCUT2D eigenvalue weighted by molar-refractivity contribution is 0.264. The Labute approximate surface area is 102 Å². The molecule has 0 aliphatic heterocycles. The van der Waals surface area contributed by atoms with Crippen molar-refractivity contribution in [3.63, 3.8) is 0 Å². The number of nitrogens with zero attached hydrogens (tertiary/aromatic N) is 2. The Morgan fingerprint density at radius 3 is 2.88 bits per heavy atom. The van der Waals surface area contributed by atoms with Crippen molar-refractivity contribution < 1.29 is 0 Å². The summed E-state index contributed by atoms with van der Waals surface area (Å²) in [7, 11) is 2.06. The Bertz CT molecular complexity index is 550. The minimum absolute atomic E-state index is 0.445. The molecule has 0 bridgehead atoms. The molecule has 2 aromatic rings. The molecule has 2 N–H and O–H groups in total. The van der Waals surface area contributed by atoms with Gasteiger partial charge in [-0.2, -0.15) is 0 Å². The normalized spacial score (nSPS) is 23.9. The van der Waals surface area contributed by atoms with Crippen LogP contribution in [0, 0.1) is 12.8 Å². The number of rotatable bonds is 2. The minimum atomic E-state index is 0.445. The molecule has 1 aliphatic rings. The summed E-state index contributed by atoms with van der Waals surface area (Å²) in [4.78, 5) is 4.58. The third-order valence-electron chi connectivity index (χ3n) is 3.97. The van der Waals surface area contributed by atoms with Crippen molar-refractivity contribution in [3.05, 3.63) is 29.6 Å². The molecule has 0 saturated heterocycles. The summed E-state index contributed by atoms with van der Waals surface area (Å²) in [5, 5.41) is 0. The van der Waals surface area contributed by atoms with Crippen LogP contribution in [0.2, 0.25) is 0 Å². The molecule has 0 spiro atoms. The van der Waals surface area contributed by atoms with Gasteiger partial charge in [-0.15, -0.1) is 0 Å². The van der Waals surface area contributed by atoms with Crippen LogP contribution in [0.15, 0.2) is 18.2 Å². The monoisotopic (exact) mass is 229 g/mol. The van der Waals surface area contributed by atoms with Crippen LogP contribution in [-0.2, 0) is 13.5 Å². The second kappa shape index (κ2) is 3.84. The predicted molar refractivity (Wildman–Crippen MR) is 69.9 cm³/mol. The van der Waals surface area contributed by atoms with Crippen LogP contribution in [0.4, 0.5) is 0 Å². The first-order valence-electron chi connectivity index (χ1n) is 6.31. The highest BCUT2D eigenvalue weighted by atomic mass is 15.0. The molecule has 1 aliphatic carbocycles. The maximum Gasteiger partial charge on any atom is 0.106 e. The van der Waals surface area contributed by atoms with Crippen molar-refractivity contribution in [3.8, 4) is 0 Å². The van der Waals surface area contributed by atoms with Gasteiger partial charge in [-0.05, 0) is 49.8 Å². The third kappa shape index (κ3) is 1.84. The Kier molecular flexibility index (Phi) is 2.44. The molecule has 90 valence electrons. The summed E-state index contributed by atoms with van der Waals surface area (Å²) < 4.78 is 2.14. The van der Waals surface area contributed by atoms with Crippen molar-refractivity contribution in [1.82, 2.24) is 9.55 Å². The molecule has 0 atom stereocenters. The molecule has 3 nitrogen and oxygen atoms in total. The SMILES string of the molecule is Cc1nc2cc(CC3CC(N)C3)ccc2n1C. The van der Waals surface area contributed by atoms with Crippen LogP contribution in [0.5, 0.6) is 0 Å². The zero-order chi connectivity index (χ0) is 12.0. The van der Waals surface area contributed by atoms with E-state index in [2.05, 4.69) is 34.8 Å². The molecular formula is C14H19N3. The van der Waals surface area contributed by atoms with Crippen molar-refractivity contribution in [2.24, 2.45) is 18.7 Å². The van der Waals surface area contributed by atoms with Crippen molar-refractivity contribution in [2.45, 2.75) is 32.2 Å². The number of imidazole rings is 1. The fourth-order valence-electron chi connectivity index (χ4n) is 2.78. The molecule has 1 aromatic carbocycles. The van der Waals surface area contributed by atoms with Gasteiger partial charge in [-0.25, -0.2) is 4.98 Å². The van der Waals surface area contributed by atoms with Crippen molar-refractivity contribution in [1.29, 1.82) is 0 Å². The van der Waals surface area contributed by atoms with Gasteiger partial charge in [0.1, 0.15) is 5.82 Å². The summed E-state index contributed by atoms with van der Waals surface area (Å²) in [6.45, 7) is 2.05. The molecule has 0 unspecified atom stereocenters. The number of hydrogen-bond donors (Lipinski definition) is 1. The van der Waals surface area contributed by atoms with E-state index in [1.807, 2.05) is 6.92 Å². The van der Waals surface area contributed by atoms with Gasteiger partial charge in [0.05, 0.1) is 11.0 Å². The lowest BCUT2D eigenvalue weighted by Crippen LogP contribution is -2.37. The molecule has 3 rings (SSSR count). The van der Waals surface area contributed by atoms with Crippen molar-refractivity contribution in [2.75, 3.05) is 0 Å². The molecule has 17 heavy (non-hydrogen) atoms. The first-order valence-corrected chi connectivity index (χ1v) is 6.31. The van der Waals surface area contributed by atoms with E-state index < -0.39 is 0 Å². The van der Waals surface area contributed by atoms with E-state index in [1.165, 1.54) is 23.9 Å². The van der Waals surface area contributed by atoms with E-state index in [0.717, 1.165) is 23.7 Å². The maximum atomic E-state index is 5.82. The summed E-state index contributed by atoms with van der Waals surface area (Å²) >= 11 is 0. The topological polar surface area (TPSA) is 43.8 Å². The summed E-state index contributed by atoms with van der Waals surface area (Å²) in [5.74, 6) is 1.86. The lowest BCUT2D eigenvalue weighted by Gasteiger charge is -2.32. The number of aromatic nitrogens is 2. The van der Waals surface area contributed by atoms with E-state index in [1.54, 1.807) is 0 Å². The number of aryl methyl sites for hydroxylation is 2. The van der Waals surface area contributed by atoms with Crippen molar-refractivity contribution >= 4 is 11.0 Å². The van der Waals surface area contributed by atoms with Crippen LogP contribution in [-0.4, -0.2) is 15.6 Å². The van der Waals surface area contributed by atoms with Gasteiger partial charge in [-0.1, -0.05) is 6.07 Å². The predicted octanol–water partition coefficient (Wildman–Crippen LogP) is 2.16. The Morgan fingerprint density at radius 2 is 2.18 bits per heavy atom. The zero-order valence-electron chi connectivity index (χ0n) is 10.5. The van der Waals surface area contributed by atoms with Gasteiger partial charge in [0, 0.05) is 13.1 Å². The standard InChI is InChI=1S/C14H19N3/c1-9-16-13-8-10(3-4-14(13)17(9)2)5-11-6-12(15)7-11/h3-4,8,11-12H,5-7,15H2,1-2H3. The Morgan fingerprint density at radius 1 is 1.41 bits per heavy atom. The van der Waals surface area contributed by atoms with E-state index in [9.17, 15) is 0 Å². The van der Waals surface area contributed by atoms with Crippen LogP contribution in [0.3, 0.4) is 0 Å². The molecule has 1 fully saturated rings. The summed E-state index contributed by atoms with van der Waals surface area (Å²) in [6, 6.07) is 7.09. The van der Waals surface area contributed by atoms with E-state index in [4.69, 9.17) is 5.73 Å². The number of nitrogens with two attached hydrogens (primary N) is 1. The summed E-state index contributed by atoms with van der Waals surface area (Å²) in [6.07, 6.45) is 3.51. The third-order valence-corrected chi connectivity index (χ3v) is 3.97. The zero-order valence-corrected chi connectivity index (χ0v) is 10.5. The van der Waals surface area contributed by atoms with E-state index in [-0.39, 0.29) is 0 Å². The van der Waals surface area contributed by atoms with Gasteiger partial charge in [-0.3, -0.25) is 0 Å². The number of hydrogen-bond acceptors (Lipinski definition) is 2. The second-order valence-electron chi connectivity index (χ2n) is 5.34. The first-order chi connectivity index (χ1) is 8.13. The molecule has 1 aromatic heterocycles. The molecule has 1 heterocycles. The lowest BCUT2D eigenvalue weighted by atomic mass is 9.77. The molecular weight excluding hydrogens is 210 g/mol. The average molecular weight is 229 g/mol. The largest absolute Gasteiger partial charge is 0.331 e. The van der Waals surface area contributed by atoms with Gasteiger partial charge >= 0.3 is 0 Å². The highest BCUT2D eigenvalue weighted by Gasteiger charge is 2.25. The number of benzene rings is 1. The fourth-order valence-corrected chi connectivity index (χ4v) is 2.78. The van der Waals surface area contributed by atoms with Gasteiger partial charge in [0.25, 0.3) is 0 Å². The van der Waals surface area contributed by atoms with Crippen LogP contribution in [0.25, 0.3) is 11.0 Å². The second-order valence-corrected chi connectivity index (χ2v) is 5.34.